The third-order valence-corrected chi connectivity index (χ3v) is 2.71. The molecule has 0 saturated heterocycles. The minimum absolute atomic E-state index is 0.268. The Hall–Kier alpha value is -1.10. The lowest BCUT2D eigenvalue weighted by Crippen LogP contribution is -2.02. The van der Waals surface area contributed by atoms with E-state index >= 15 is 0 Å². The van der Waals surface area contributed by atoms with E-state index in [4.69, 9.17) is 4.74 Å². The number of alkyl halides is 1. The van der Waals surface area contributed by atoms with E-state index in [1.54, 1.807) is 12.1 Å². The third kappa shape index (κ3) is 3.81. The highest BCUT2D eigenvalue weighted by atomic mass is 79.9. The average molecular weight is 291 g/mol. The maximum absolute atomic E-state index is 12.0. The molecule has 5 heteroatoms. The highest BCUT2D eigenvalue weighted by Crippen LogP contribution is 2.26. The predicted molar refractivity (Wildman–Crippen MR) is 61.1 cm³/mol. The summed E-state index contributed by atoms with van der Waals surface area (Å²) in [6.07, 6.45) is 0.843. The van der Waals surface area contributed by atoms with Crippen molar-refractivity contribution in [2.75, 3.05) is 14.0 Å². The molecule has 1 rings (SSSR count). The fraction of sp³-hybridized carbons (Fsp3) is 0.364. The summed E-state index contributed by atoms with van der Waals surface area (Å²) in [5.74, 6) is 0.167. The Bertz CT molecular complexity index is 368. The maximum Gasteiger partial charge on any atom is 0.305 e. The number of aryl methyl sites for hydroxylation is 1. The van der Waals surface area contributed by atoms with Gasteiger partial charge in [0.15, 0.2) is 0 Å². The van der Waals surface area contributed by atoms with Crippen molar-refractivity contribution in [3.05, 3.63) is 28.2 Å². The van der Waals surface area contributed by atoms with E-state index in [-0.39, 0.29) is 5.97 Å². The molecule has 3 nitrogen and oxygen atoms in total. The Labute approximate surface area is 102 Å². The van der Waals surface area contributed by atoms with Crippen molar-refractivity contribution in [1.82, 2.24) is 0 Å². The molecular weight excluding hydrogens is 279 g/mol. The van der Waals surface area contributed by atoms with Crippen LogP contribution in [0.4, 0.5) is 4.39 Å². The van der Waals surface area contributed by atoms with Crippen LogP contribution in [0.25, 0.3) is 0 Å². The zero-order valence-electron chi connectivity index (χ0n) is 8.83. The minimum atomic E-state index is -0.876. The highest BCUT2D eigenvalue weighted by molar-refractivity contribution is 9.10. The molecule has 0 heterocycles. The summed E-state index contributed by atoms with van der Waals surface area (Å²) >= 11 is 3.24. The molecule has 0 N–H and O–H groups in total. The van der Waals surface area contributed by atoms with E-state index in [0.29, 0.717) is 23.1 Å². The number of esters is 1. The number of halogens is 2. The Morgan fingerprint density at radius 1 is 1.50 bits per heavy atom. The molecule has 16 heavy (non-hydrogen) atoms. The normalized spacial score (nSPS) is 9.94. The maximum atomic E-state index is 12.0. The number of ether oxygens (including phenoxy) is 2. The lowest BCUT2D eigenvalue weighted by Gasteiger charge is -2.07. The van der Waals surface area contributed by atoms with Crippen LogP contribution < -0.4 is 4.74 Å². The van der Waals surface area contributed by atoms with Gasteiger partial charge < -0.3 is 9.47 Å². The van der Waals surface area contributed by atoms with Crippen molar-refractivity contribution < 1.29 is 18.7 Å². The second-order valence-corrected chi connectivity index (χ2v) is 3.95. The first-order valence-corrected chi connectivity index (χ1v) is 5.50. The molecule has 0 aromatic heterocycles. The summed E-state index contributed by atoms with van der Waals surface area (Å²) < 4.78 is 22.0. The SMILES string of the molecule is COC(=O)CCc1ccc(Br)c(OCF)c1. The van der Waals surface area contributed by atoms with Crippen LogP contribution in [0.3, 0.4) is 0 Å². The summed E-state index contributed by atoms with van der Waals surface area (Å²) in [7, 11) is 1.35. The van der Waals surface area contributed by atoms with Crippen LogP contribution in [0.5, 0.6) is 5.75 Å². The first kappa shape index (κ1) is 13.0. The van der Waals surface area contributed by atoms with Gasteiger partial charge in [-0.15, -0.1) is 0 Å². The molecule has 0 radical (unpaired) electrons. The van der Waals surface area contributed by atoms with Crippen LogP contribution in [0, 0.1) is 0 Å². The van der Waals surface area contributed by atoms with Gasteiger partial charge in [-0.3, -0.25) is 4.79 Å². The number of benzene rings is 1. The molecule has 0 unspecified atom stereocenters. The van der Waals surface area contributed by atoms with Crippen molar-refractivity contribution in [3.8, 4) is 5.75 Å². The predicted octanol–water partition coefficient (Wildman–Crippen LogP) is 2.86. The lowest BCUT2D eigenvalue weighted by atomic mass is 10.1. The van der Waals surface area contributed by atoms with Crippen LogP contribution in [0.15, 0.2) is 22.7 Å². The van der Waals surface area contributed by atoms with Crippen LogP contribution >= 0.6 is 15.9 Å². The van der Waals surface area contributed by atoms with E-state index in [0.717, 1.165) is 5.56 Å². The highest BCUT2D eigenvalue weighted by Gasteiger charge is 2.05. The number of rotatable bonds is 5. The molecular formula is C11H12BrFO3. The lowest BCUT2D eigenvalue weighted by molar-refractivity contribution is -0.140. The fourth-order valence-electron chi connectivity index (χ4n) is 1.22. The summed E-state index contributed by atoms with van der Waals surface area (Å²) in [5, 5.41) is 0. The van der Waals surface area contributed by atoms with Gasteiger partial charge in [-0.1, -0.05) is 6.07 Å². The van der Waals surface area contributed by atoms with Crippen LogP contribution in [-0.4, -0.2) is 19.9 Å². The molecule has 0 saturated carbocycles. The zero-order chi connectivity index (χ0) is 12.0. The van der Waals surface area contributed by atoms with Gasteiger partial charge in [0.2, 0.25) is 6.86 Å². The van der Waals surface area contributed by atoms with Gasteiger partial charge in [-0.25, -0.2) is 4.39 Å². The number of hydrogen-bond acceptors (Lipinski definition) is 3. The summed E-state index contributed by atoms with van der Waals surface area (Å²) in [6, 6.07) is 5.31. The smallest absolute Gasteiger partial charge is 0.305 e. The van der Waals surface area contributed by atoms with Crippen LogP contribution in [-0.2, 0) is 16.0 Å². The van der Waals surface area contributed by atoms with Gasteiger partial charge in [0, 0.05) is 6.42 Å². The Balaban J connectivity index is 2.67. The molecule has 0 amide bonds. The van der Waals surface area contributed by atoms with Crippen LogP contribution in [0.2, 0.25) is 0 Å². The summed E-state index contributed by atoms with van der Waals surface area (Å²) in [5.41, 5.74) is 0.900. The monoisotopic (exact) mass is 290 g/mol. The van der Waals surface area contributed by atoms with Gasteiger partial charge in [-0.2, -0.15) is 0 Å². The van der Waals surface area contributed by atoms with Gasteiger partial charge in [-0.05, 0) is 40.0 Å². The van der Waals surface area contributed by atoms with E-state index < -0.39 is 6.86 Å². The standard InChI is InChI=1S/C11H12BrFO3/c1-15-11(14)5-3-8-2-4-9(12)10(6-8)16-7-13/h2,4,6H,3,5,7H2,1H3. The molecule has 88 valence electrons. The van der Waals surface area contributed by atoms with E-state index in [2.05, 4.69) is 20.7 Å². The quantitative estimate of drug-likeness (QED) is 0.783. The Morgan fingerprint density at radius 3 is 2.88 bits per heavy atom. The molecule has 1 aromatic carbocycles. The average Bonchev–Trinajstić information content (AvgIpc) is 2.30. The number of methoxy groups -OCH3 is 1. The molecule has 0 aliphatic rings. The molecule has 1 aromatic rings. The zero-order valence-corrected chi connectivity index (χ0v) is 10.4. The van der Waals surface area contributed by atoms with Crippen molar-refractivity contribution in [2.45, 2.75) is 12.8 Å². The summed E-state index contributed by atoms with van der Waals surface area (Å²) in [4.78, 5) is 10.9. The van der Waals surface area contributed by atoms with Gasteiger partial charge in [0.1, 0.15) is 5.75 Å². The van der Waals surface area contributed by atoms with E-state index in [1.165, 1.54) is 7.11 Å². The summed E-state index contributed by atoms with van der Waals surface area (Å²) in [6.45, 7) is -0.876. The minimum Gasteiger partial charge on any atom is -0.469 e. The molecule has 0 fully saturated rings. The van der Waals surface area contributed by atoms with Crippen LogP contribution in [0.1, 0.15) is 12.0 Å². The van der Waals surface area contributed by atoms with Crippen molar-refractivity contribution >= 4 is 21.9 Å². The first-order valence-electron chi connectivity index (χ1n) is 4.71. The number of carbonyl (C=O) groups excluding carboxylic acids is 1. The fourth-order valence-corrected chi connectivity index (χ4v) is 1.58. The van der Waals surface area contributed by atoms with Gasteiger partial charge in [0.05, 0.1) is 11.6 Å². The molecule has 0 spiro atoms. The second kappa shape index (κ2) is 6.48. The van der Waals surface area contributed by atoms with Gasteiger partial charge >= 0.3 is 5.97 Å². The number of carbonyl (C=O) groups is 1. The van der Waals surface area contributed by atoms with E-state index in [9.17, 15) is 9.18 Å². The second-order valence-electron chi connectivity index (χ2n) is 3.09. The Morgan fingerprint density at radius 2 is 2.25 bits per heavy atom. The molecule has 0 bridgehead atoms. The first-order chi connectivity index (χ1) is 7.67. The topological polar surface area (TPSA) is 35.5 Å². The number of hydrogen-bond donors (Lipinski definition) is 0. The molecule has 0 aliphatic carbocycles. The largest absolute Gasteiger partial charge is 0.469 e. The van der Waals surface area contributed by atoms with Gasteiger partial charge in [0.25, 0.3) is 0 Å². The Kier molecular flexibility index (Phi) is 5.25. The molecule has 0 atom stereocenters. The third-order valence-electron chi connectivity index (χ3n) is 2.05. The van der Waals surface area contributed by atoms with Crippen molar-refractivity contribution in [2.24, 2.45) is 0 Å². The van der Waals surface area contributed by atoms with Crippen molar-refractivity contribution in [3.63, 3.8) is 0 Å². The van der Waals surface area contributed by atoms with E-state index in [1.807, 2.05) is 6.07 Å². The molecule has 0 aliphatic heterocycles. The van der Waals surface area contributed by atoms with Crippen molar-refractivity contribution in [1.29, 1.82) is 0 Å².